The van der Waals surface area contributed by atoms with Crippen LogP contribution in [0.4, 0.5) is 11.4 Å². The summed E-state index contributed by atoms with van der Waals surface area (Å²) in [4.78, 5) is 34.0. The topological polar surface area (TPSA) is 155 Å². The Morgan fingerprint density at radius 1 is 1.09 bits per heavy atom. The van der Waals surface area contributed by atoms with Gasteiger partial charge in [0.2, 0.25) is 0 Å². The molecule has 12 heteroatoms. The largest absolute Gasteiger partial charge is 0.496 e. The molecule has 1 amide bonds. The van der Waals surface area contributed by atoms with E-state index in [2.05, 4.69) is 10.5 Å². The predicted octanol–water partition coefficient (Wildman–Crippen LogP) is 4.43. The Balaban J connectivity index is 1.57. The van der Waals surface area contributed by atoms with E-state index < -0.39 is 15.8 Å². The highest BCUT2D eigenvalue weighted by Gasteiger charge is 2.21. The first kappa shape index (κ1) is 23.2. The van der Waals surface area contributed by atoms with E-state index in [-0.39, 0.29) is 17.1 Å². The van der Waals surface area contributed by atoms with Gasteiger partial charge in [0.1, 0.15) is 17.0 Å². The molecule has 0 unspecified atom stereocenters. The van der Waals surface area contributed by atoms with Crippen molar-refractivity contribution in [2.24, 2.45) is 5.10 Å². The van der Waals surface area contributed by atoms with Crippen LogP contribution in [-0.2, 0) is 0 Å². The molecule has 0 aliphatic carbocycles. The van der Waals surface area contributed by atoms with Gasteiger partial charge in [-0.3, -0.25) is 25.0 Å². The second kappa shape index (κ2) is 9.09. The van der Waals surface area contributed by atoms with Gasteiger partial charge >= 0.3 is 5.91 Å². The minimum Gasteiger partial charge on any atom is -0.496 e. The highest BCUT2D eigenvalue weighted by Crippen LogP contribution is 2.31. The van der Waals surface area contributed by atoms with Crippen molar-refractivity contribution in [1.29, 1.82) is 0 Å². The molecule has 0 saturated carbocycles. The summed E-state index contributed by atoms with van der Waals surface area (Å²) in [6.45, 7) is 3.57. The Labute approximate surface area is 197 Å². The van der Waals surface area contributed by atoms with Crippen LogP contribution in [-0.4, -0.2) is 33.6 Å². The van der Waals surface area contributed by atoms with E-state index in [1.165, 1.54) is 43.7 Å². The SMILES string of the molecule is COc1ccc(-n2c(C)cc(/C=N/NC(=O)c3cc4cc([N+](=O)[O-])ccc4o3)c2C)c([N+](=O)[O-])c1. The van der Waals surface area contributed by atoms with Crippen LogP contribution < -0.4 is 10.2 Å². The second-order valence-electron chi connectivity index (χ2n) is 7.56. The number of carbonyl (C=O) groups is 1. The number of nitro benzene ring substituents is 2. The number of rotatable bonds is 7. The molecule has 4 aromatic rings. The van der Waals surface area contributed by atoms with E-state index in [1.807, 2.05) is 0 Å². The summed E-state index contributed by atoms with van der Waals surface area (Å²) in [5.74, 6) is -0.329. The van der Waals surface area contributed by atoms with Crippen LogP contribution in [0.25, 0.3) is 16.7 Å². The van der Waals surface area contributed by atoms with Gasteiger partial charge < -0.3 is 13.7 Å². The predicted molar refractivity (Wildman–Crippen MR) is 126 cm³/mol. The lowest BCUT2D eigenvalue weighted by molar-refractivity contribution is -0.384. The number of hydrazone groups is 1. The summed E-state index contributed by atoms with van der Waals surface area (Å²) in [5, 5.41) is 26.9. The van der Waals surface area contributed by atoms with E-state index in [4.69, 9.17) is 9.15 Å². The van der Waals surface area contributed by atoms with Gasteiger partial charge in [-0.25, -0.2) is 5.43 Å². The van der Waals surface area contributed by atoms with Crippen LogP contribution in [0.5, 0.6) is 5.75 Å². The molecular weight excluding hydrogens is 458 g/mol. The number of nitrogens with one attached hydrogen (secondary N) is 1. The van der Waals surface area contributed by atoms with Gasteiger partial charge in [0.15, 0.2) is 5.76 Å². The fraction of sp³-hybridized carbons (Fsp3) is 0.130. The number of aryl methyl sites for hydroxylation is 1. The summed E-state index contributed by atoms with van der Waals surface area (Å²) in [6, 6.07) is 11.8. The van der Waals surface area contributed by atoms with Crippen molar-refractivity contribution in [3.63, 3.8) is 0 Å². The van der Waals surface area contributed by atoms with Crippen molar-refractivity contribution >= 4 is 34.5 Å². The first-order valence-electron chi connectivity index (χ1n) is 10.2. The highest BCUT2D eigenvalue weighted by atomic mass is 16.6. The molecule has 0 radical (unpaired) electrons. The van der Waals surface area contributed by atoms with Crippen LogP contribution >= 0.6 is 0 Å². The maximum atomic E-state index is 12.4. The van der Waals surface area contributed by atoms with E-state index in [0.29, 0.717) is 33.7 Å². The van der Waals surface area contributed by atoms with Crippen molar-refractivity contribution in [3.05, 3.63) is 91.5 Å². The lowest BCUT2D eigenvalue weighted by atomic mass is 10.2. The van der Waals surface area contributed by atoms with Gasteiger partial charge in [0.25, 0.3) is 11.4 Å². The van der Waals surface area contributed by atoms with Crippen molar-refractivity contribution in [1.82, 2.24) is 9.99 Å². The number of ether oxygens (including phenoxy) is 1. The molecule has 0 fully saturated rings. The van der Waals surface area contributed by atoms with Gasteiger partial charge in [0, 0.05) is 34.5 Å². The quantitative estimate of drug-likeness (QED) is 0.234. The number of furan rings is 1. The third-order valence-corrected chi connectivity index (χ3v) is 5.39. The van der Waals surface area contributed by atoms with Crippen LogP contribution in [0.1, 0.15) is 27.5 Å². The van der Waals surface area contributed by atoms with Gasteiger partial charge in [-0.05, 0) is 44.2 Å². The smallest absolute Gasteiger partial charge is 0.307 e. The zero-order chi connectivity index (χ0) is 25.3. The molecule has 2 aromatic carbocycles. The van der Waals surface area contributed by atoms with Crippen molar-refractivity contribution in [2.45, 2.75) is 13.8 Å². The number of fused-ring (bicyclic) bond motifs is 1. The van der Waals surface area contributed by atoms with E-state index in [0.717, 1.165) is 5.69 Å². The molecule has 12 nitrogen and oxygen atoms in total. The van der Waals surface area contributed by atoms with Gasteiger partial charge in [-0.2, -0.15) is 5.10 Å². The molecule has 0 spiro atoms. The fourth-order valence-corrected chi connectivity index (χ4v) is 3.73. The standard InChI is InChI=1S/C23H19N5O7/c1-13-8-16(14(2)26(13)19-6-5-18(34-3)11-20(19)28(32)33)12-24-25-23(29)22-10-15-9-17(27(30)31)4-7-21(15)35-22/h4-12H,1-3H3,(H,25,29)/b24-12+. The first-order valence-corrected chi connectivity index (χ1v) is 10.2. The van der Waals surface area contributed by atoms with Crippen LogP contribution in [0.2, 0.25) is 0 Å². The molecule has 178 valence electrons. The molecule has 2 aromatic heterocycles. The minimum absolute atomic E-state index is 0.0584. The minimum atomic E-state index is -0.639. The third-order valence-electron chi connectivity index (χ3n) is 5.39. The number of amides is 1. The van der Waals surface area contributed by atoms with Gasteiger partial charge in [-0.15, -0.1) is 0 Å². The van der Waals surface area contributed by atoms with Crippen LogP contribution in [0.3, 0.4) is 0 Å². The van der Waals surface area contributed by atoms with Crippen LogP contribution in [0, 0.1) is 34.1 Å². The number of hydrogen-bond acceptors (Lipinski definition) is 8. The summed E-state index contributed by atoms with van der Waals surface area (Å²) >= 11 is 0. The summed E-state index contributed by atoms with van der Waals surface area (Å²) in [6.07, 6.45) is 1.42. The number of nitro groups is 2. The summed E-state index contributed by atoms with van der Waals surface area (Å²) < 4.78 is 12.3. The summed E-state index contributed by atoms with van der Waals surface area (Å²) in [7, 11) is 1.43. The molecular formula is C23H19N5O7. The van der Waals surface area contributed by atoms with E-state index in [9.17, 15) is 25.0 Å². The fourth-order valence-electron chi connectivity index (χ4n) is 3.73. The summed E-state index contributed by atoms with van der Waals surface area (Å²) in [5.41, 5.74) is 4.85. The van der Waals surface area contributed by atoms with Crippen molar-refractivity contribution < 1.29 is 23.8 Å². The third kappa shape index (κ3) is 4.44. The average Bonchev–Trinajstić information content (AvgIpc) is 3.38. The molecule has 0 bridgehead atoms. The van der Waals surface area contributed by atoms with Crippen molar-refractivity contribution in [2.75, 3.05) is 7.11 Å². The lowest BCUT2D eigenvalue weighted by Crippen LogP contribution is -2.16. The number of nitrogens with zero attached hydrogens (tertiary/aromatic N) is 4. The second-order valence-corrected chi connectivity index (χ2v) is 7.56. The number of benzene rings is 2. The number of aromatic nitrogens is 1. The Morgan fingerprint density at radius 2 is 1.86 bits per heavy atom. The zero-order valence-electron chi connectivity index (χ0n) is 18.8. The van der Waals surface area contributed by atoms with Gasteiger partial charge in [0.05, 0.1) is 29.2 Å². The maximum Gasteiger partial charge on any atom is 0.307 e. The molecule has 4 rings (SSSR count). The molecule has 1 N–H and O–H groups in total. The first-order chi connectivity index (χ1) is 16.7. The molecule has 0 aliphatic rings. The Bertz CT molecular complexity index is 1520. The van der Waals surface area contributed by atoms with Crippen molar-refractivity contribution in [3.8, 4) is 11.4 Å². The molecule has 0 saturated heterocycles. The Kier molecular flexibility index (Phi) is 6.02. The lowest BCUT2D eigenvalue weighted by Gasteiger charge is -2.11. The number of non-ortho nitro benzene ring substituents is 1. The average molecular weight is 477 g/mol. The van der Waals surface area contributed by atoms with Crippen LogP contribution in [0.15, 0.2) is 58.0 Å². The maximum absolute atomic E-state index is 12.4. The molecule has 2 heterocycles. The van der Waals surface area contributed by atoms with E-state index >= 15 is 0 Å². The number of methoxy groups -OCH3 is 1. The van der Waals surface area contributed by atoms with E-state index in [1.54, 1.807) is 36.6 Å². The Hall–Kier alpha value is -5.00. The molecule has 35 heavy (non-hydrogen) atoms. The number of carbonyl (C=O) groups excluding carboxylic acids is 1. The normalized spacial score (nSPS) is 11.2. The van der Waals surface area contributed by atoms with Gasteiger partial charge in [-0.1, -0.05) is 0 Å². The molecule has 0 aliphatic heterocycles. The highest BCUT2D eigenvalue weighted by molar-refractivity contribution is 5.97. The Morgan fingerprint density at radius 3 is 2.54 bits per heavy atom. The molecule has 0 atom stereocenters. The number of hydrogen-bond donors (Lipinski definition) is 1. The zero-order valence-corrected chi connectivity index (χ0v) is 18.8. The monoisotopic (exact) mass is 477 g/mol.